The molecule has 0 aromatic heterocycles. The number of hydrogen-bond acceptors (Lipinski definition) is 2. The first kappa shape index (κ1) is 13.9. The highest BCUT2D eigenvalue weighted by Crippen LogP contribution is 2.30. The first-order valence-corrected chi connectivity index (χ1v) is 8.28. The molecule has 0 radical (unpaired) electrons. The molecule has 0 saturated carbocycles. The van der Waals surface area contributed by atoms with E-state index in [1.54, 1.807) is 0 Å². The Morgan fingerprint density at radius 1 is 1.10 bits per heavy atom. The lowest BCUT2D eigenvalue weighted by Gasteiger charge is -2.23. The largest absolute Gasteiger partial charge is 0.493 e. The summed E-state index contributed by atoms with van der Waals surface area (Å²) in [6.07, 6.45) is 2.22. The molecule has 3 heteroatoms. The van der Waals surface area contributed by atoms with Gasteiger partial charge in [-0.05, 0) is 35.6 Å². The number of hydrogen-bond donors (Lipinski definition) is 0. The van der Waals surface area contributed by atoms with Crippen LogP contribution in [0.1, 0.15) is 18.4 Å². The summed E-state index contributed by atoms with van der Waals surface area (Å²) in [5, 5.41) is 3.35. The lowest BCUT2D eigenvalue weighted by molar-refractivity contribution is 0.0497. The van der Waals surface area contributed by atoms with E-state index < -0.39 is 0 Å². The fraction of sp³-hybridized carbons (Fsp3) is 0.412. The van der Waals surface area contributed by atoms with Crippen molar-refractivity contribution < 1.29 is 9.47 Å². The molecule has 1 heterocycles. The van der Waals surface area contributed by atoms with Gasteiger partial charge in [-0.15, -0.1) is 0 Å². The van der Waals surface area contributed by atoms with E-state index in [-0.39, 0.29) is 0 Å². The second kappa shape index (κ2) is 6.59. The molecule has 106 valence electrons. The van der Waals surface area contributed by atoms with Crippen LogP contribution in [0.4, 0.5) is 0 Å². The molecule has 1 aliphatic heterocycles. The standard InChI is InChI=1S/C17H19BrO2/c18-11-16-15-4-2-1-3-14(15)5-6-17(16)20-12-13-7-9-19-10-8-13/h1-6,13H,7-12H2. The van der Waals surface area contributed by atoms with Gasteiger partial charge in [-0.3, -0.25) is 0 Å². The fourth-order valence-electron chi connectivity index (χ4n) is 2.71. The van der Waals surface area contributed by atoms with E-state index in [2.05, 4.69) is 52.3 Å². The Labute approximate surface area is 128 Å². The quantitative estimate of drug-likeness (QED) is 0.764. The second-order valence-electron chi connectivity index (χ2n) is 5.26. The third-order valence-electron chi connectivity index (χ3n) is 3.95. The molecule has 1 fully saturated rings. The molecule has 0 amide bonds. The number of rotatable bonds is 4. The van der Waals surface area contributed by atoms with E-state index in [4.69, 9.17) is 9.47 Å². The van der Waals surface area contributed by atoms with Gasteiger partial charge in [0, 0.05) is 24.1 Å². The van der Waals surface area contributed by atoms with Crippen LogP contribution in [0.15, 0.2) is 36.4 Å². The van der Waals surface area contributed by atoms with Gasteiger partial charge in [-0.2, -0.15) is 0 Å². The molecule has 2 aromatic rings. The highest BCUT2D eigenvalue weighted by Gasteiger charge is 2.15. The van der Waals surface area contributed by atoms with E-state index in [1.807, 2.05) is 0 Å². The van der Waals surface area contributed by atoms with Crippen molar-refractivity contribution in [2.75, 3.05) is 19.8 Å². The zero-order valence-electron chi connectivity index (χ0n) is 11.5. The Morgan fingerprint density at radius 3 is 2.70 bits per heavy atom. The Bertz CT molecular complexity index is 576. The Hall–Kier alpha value is -1.06. The summed E-state index contributed by atoms with van der Waals surface area (Å²) in [7, 11) is 0. The van der Waals surface area contributed by atoms with Gasteiger partial charge in [0.1, 0.15) is 5.75 Å². The molecule has 0 spiro atoms. The van der Waals surface area contributed by atoms with E-state index in [0.717, 1.165) is 43.7 Å². The van der Waals surface area contributed by atoms with Crippen LogP contribution in [0.3, 0.4) is 0 Å². The summed E-state index contributed by atoms with van der Waals surface area (Å²) < 4.78 is 11.5. The van der Waals surface area contributed by atoms with Crippen LogP contribution in [0.25, 0.3) is 10.8 Å². The lowest BCUT2D eigenvalue weighted by atomic mass is 10.0. The van der Waals surface area contributed by atoms with Crippen molar-refractivity contribution in [2.45, 2.75) is 18.2 Å². The van der Waals surface area contributed by atoms with E-state index in [1.165, 1.54) is 16.3 Å². The number of alkyl halides is 1. The van der Waals surface area contributed by atoms with Gasteiger partial charge in [0.15, 0.2) is 0 Å². The van der Waals surface area contributed by atoms with Crippen molar-refractivity contribution >= 4 is 26.7 Å². The molecule has 2 nitrogen and oxygen atoms in total. The number of halogens is 1. The van der Waals surface area contributed by atoms with E-state index >= 15 is 0 Å². The Kier molecular flexibility index (Phi) is 4.58. The molecule has 0 N–H and O–H groups in total. The average molecular weight is 335 g/mol. The molecular formula is C17H19BrO2. The summed E-state index contributed by atoms with van der Waals surface area (Å²) >= 11 is 3.60. The number of fused-ring (bicyclic) bond motifs is 1. The molecule has 1 saturated heterocycles. The number of benzene rings is 2. The smallest absolute Gasteiger partial charge is 0.123 e. The third kappa shape index (κ3) is 2.99. The first-order chi connectivity index (χ1) is 9.88. The van der Waals surface area contributed by atoms with Crippen LogP contribution in [0.5, 0.6) is 5.75 Å². The van der Waals surface area contributed by atoms with Crippen molar-refractivity contribution in [3.8, 4) is 5.75 Å². The van der Waals surface area contributed by atoms with Gasteiger partial charge >= 0.3 is 0 Å². The summed E-state index contributed by atoms with van der Waals surface area (Å²) in [6, 6.07) is 12.7. The van der Waals surface area contributed by atoms with Crippen molar-refractivity contribution in [2.24, 2.45) is 5.92 Å². The average Bonchev–Trinajstić information content (AvgIpc) is 2.53. The predicted molar refractivity (Wildman–Crippen MR) is 85.6 cm³/mol. The van der Waals surface area contributed by atoms with Crippen LogP contribution in [-0.4, -0.2) is 19.8 Å². The SMILES string of the molecule is BrCc1c(OCC2CCOCC2)ccc2ccccc12. The molecule has 0 atom stereocenters. The third-order valence-corrected chi connectivity index (χ3v) is 4.51. The predicted octanol–water partition coefficient (Wildman–Crippen LogP) is 4.54. The van der Waals surface area contributed by atoms with E-state index in [0.29, 0.717) is 5.92 Å². The number of ether oxygens (including phenoxy) is 2. The minimum absolute atomic E-state index is 0.624. The Balaban J connectivity index is 1.80. The van der Waals surface area contributed by atoms with Crippen molar-refractivity contribution in [3.63, 3.8) is 0 Å². The zero-order chi connectivity index (χ0) is 13.8. The molecular weight excluding hydrogens is 316 g/mol. The van der Waals surface area contributed by atoms with Gasteiger partial charge in [0.05, 0.1) is 6.61 Å². The highest BCUT2D eigenvalue weighted by molar-refractivity contribution is 9.08. The minimum Gasteiger partial charge on any atom is -0.493 e. The normalized spacial score (nSPS) is 16.4. The van der Waals surface area contributed by atoms with E-state index in [9.17, 15) is 0 Å². The Morgan fingerprint density at radius 2 is 1.90 bits per heavy atom. The van der Waals surface area contributed by atoms with Crippen LogP contribution < -0.4 is 4.74 Å². The summed E-state index contributed by atoms with van der Waals surface area (Å²) in [6.45, 7) is 2.54. The van der Waals surface area contributed by atoms with Gasteiger partial charge in [-0.25, -0.2) is 0 Å². The van der Waals surface area contributed by atoms with Crippen LogP contribution >= 0.6 is 15.9 Å². The molecule has 0 bridgehead atoms. The maximum absolute atomic E-state index is 6.09. The van der Waals surface area contributed by atoms with Crippen LogP contribution in [-0.2, 0) is 10.1 Å². The van der Waals surface area contributed by atoms with Gasteiger partial charge in [0.25, 0.3) is 0 Å². The second-order valence-corrected chi connectivity index (χ2v) is 5.82. The van der Waals surface area contributed by atoms with Gasteiger partial charge < -0.3 is 9.47 Å². The summed E-state index contributed by atoms with van der Waals surface area (Å²) in [5.74, 6) is 1.63. The lowest BCUT2D eigenvalue weighted by Crippen LogP contribution is -2.21. The molecule has 0 aliphatic carbocycles. The van der Waals surface area contributed by atoms with Crippen molar-refractivity contribution in [3.05, 3.63) is 42.0 Å². The summed E-state index contributed by atoms with van der Waals surface area (Å²) in [5.41, 5.74) is 1.25. The zero-order valence-corrected chi connectivity index (χ0v) is 13.1. The maximum Gasteiger partial charge on any atom is 0.123 e. The van der Waals surface area contributed by atoms with Crippen molar-refractivity contribution in [1.82, 2.24) is 0 Å². The topological polar surface area (TPSA) is 18.5 Å². The minimum atomic E-state index is 0.624. The molecule has 3 rings (SSSR count). The molecule has 0 unspecified atom stereocenters. The van der Waals surface area contributed by atoms with Crippen LogP contribution in [0.2, 0.25) is 0 Å². The fourth-order valence-corrected chi connectivity index (χ4v) is 3.29. The monoisotopic (exact) mass is 334 g/mol. The van der Waals surface area contributed by atoms with Gasteiger partial charge in [-0.1, -0.05) is 46.3 Å². The molecule has 20 heavy (non-hydrogen) atoms. The highest BCUT2D eigenvalue weighted by atomic mass is 79.9. The van der Waals surface area contributed by atoms with Gasteiger partial charge in [0.2, 0.25) is 0 Å². The summed E-state index contributed by atoms with van der Waals surface area (Å²) in [4.78, 5) is 0. The maximum atomic E-state index is 6.09. The van der Waals surface area contributed by atoms with Crippen LogP contribution in [0, 0.1) is 5.92 Å². The molecule has 1 aliphatic rings. The molecule has 2 aromatic carbocycles. The first-order valence-electron chi connectivity index (χ1n) is 7.15. The van der Waals surface area contributed by atoms with Crippen molar-refractivity contribution in [1.29, 1.82) is 0 Å².